The van der Waals surface area contributed by atoms with E-state index in [2.05, 4.69) is 23.8 Å². The van der Waals surface area contributed by atoms with Gasteiger partial charge in [0.05, 0.1) is 23.1 Å². The van der Waals surface area contributed by atoms with E-state index in [1.54, 1.807) is 6.07 Å². The number of fused-ring (bicyclic) bond motifs is 1. The van der Waals surface area contributed by atoms with Crippen LogP contribution in [-0.2, 0) is 0 Å². The molecule has 0 aliphatic carbocycles. The van der Waals surface area contributed by atoms with Crippen LogP contribution in [0, 0.1) is 5.92 Å². The van der Waals surface area contributed by atoms with Crippen molar-refractivity contribution in [1.82, 2.24) is 9.97 Å². The zero-order chi connectivity index (χ0) is 13.8. The predicted octanol–water partition coefficient (Wildman–Crippen LogP) is 2.75. The summed E-state index contributed by atoms with van der Waals surface area (Å²) in [5.41, 5.74) is 0.786. The third-order valence-electron chi connectivity index (χ3n) is 2.78. The number of hydrogen-bond acceptors (Lipinski definition) is 4. The fraction of sp³-hybridized carbons (Fsp3) is 0.357. The summed E-state index contributed by atoms with van der Waals surface area (Å²) in [6, 6.07) is 4.74. The van der Waals surface area contributed by atoms with Gasteiger partial charge in [0.1, 0.15) is 6.33 Å². The molecule has 0 bridgehead atoms. The minimum atomic E-state index is -0.970. The highest BCUT2D eigenvalue weighted by Gasteiger charge is 2.09. The number of rotatable bonds is 5. The van der Waals surface area contributed by atoms with Crippen LogP contribution < -0.4 is 4.74 Å². The van der Waals surface area contributed by atoms with Crippen molar-refractivity contribution < 1.29 is 14.6 Å². The van der Waals surface area contributed by atoms with E-state index >= 15 is 0 Å². The highest BCUT2D eigenvalue weighted by Crippen LogP contribution is 2.22. The molecule has 0 atom stereocenters. The van der Waals surface area contributed by atoms with Crippen molar-refractivity contribution in [3.8, 4) is 5.88 Å². The summed E-state index contributed by atoms with van der Waals surface area (Å²) in [7, 11) is 0. The first-order chi connectivity index (χ1) is 9.08. The second-order valence-corrected chi connectivity index (χ2v) is 4.75. The van der Waals surface area contributed by atoms with Crippen LogP contribution in [0.5, 0.6) is 5.88 Å². The average Bonchev–Trinajstić information content (AvgIpc) is 2.37. The Morgan fingerprint density at radius 2 is 2.16 bits per heavy atom. The Kier molecular flexibility index (Phi) is 3.94. The number of ether oxygens (including phenoxy) is 1. The molecule has 1 aromatic carbocycles. The van der Waals surface area contributed by atoms with Crippen LogP contribution in [0.1, 0.15) is 30.6 Å². The van der Waals surface area contributed by atoms with E-state index in [1.165, 1.54) is 18.5 Å². The van der Waals surface area contributed by atoms with Gasteiger partial charge in [-0.15, -0.1) is 0 Å². The Morgan fingerprint density at radius 1 is 1.37 bits per heavy atom. The number of carboxylic acid groups (broad SMARTS) is 1. The summed E-state index contributed by atoms with van der Waals surface area (Å²) in [4.78, 5) is 19.1. The van der Waals surface area contributed by atoms with E-state index in [0.29, 0.717) is 23.9 Å². The number of carbonyl (C=O) groups is 1. The van der Waals surface area contributed by atoms with Crippen molar-refractivity contribution in [2.45, 2.75) is 20.3 Å². The molecule has 2 aromatic rings. The third-order valence-corrected chi connectivity index (χ3v) is 2.78. The minimum Gasteiger partial charge on any atom is -0.478 e. The molecule has 0 fully saturated rings. The molecule has 0 saturated heterocycles. The number of hydrogen-bond donors (Lipinski definition) is 1. The number of aromatic nitrogens is 2. The van der Waals surface area contributed by atoms with Crippen LogP contribution in [-0.4, -0.2) is 27.7 Å². The molecule has 0 aliphatic heterocycles. The van der Waals surface area contributed by atoms with Crippen molar-refractivity contribution in [3.63, 3.8) is 0 Å². The van der Waals surface area contributed by atoms with Gasteiger partial charge in [0.25, 0.3) is 0 Å². The average molecular weight is 260 g/mol. The van der Waals surface area contributed by atoms with Gasteiger partial charge >= 0.3 is 5.97 Å². The van der Waals surface area contributed by atoms with Crippen LogP contribution in [0.2, 0.25) is 0 Å². The topological polar surface area (TPSA) is 72.3 Å². The van der Waals surface area contributed by atoms with Crippen LogP contribution in [0.15, 0.2) is 24.5 Å². The molecule has 19 heavy (non-hydrogen) atoms. The first-order valence-electron chi connectivity index (χ1n) is 6.19. The van der Waals surface area contributed by atoms with Crippen molar-refractivity contribution in [1.29, 1.82) is 0 Å². The quantitative estimate of drug-likeness (QED) is 0.894. The maximum Gasteiger partial charge on any atom is 0.335 e. The Morgan fingerprint density at radius 3 is 2.84 bits per heavy atom. The molecule has 0 radical (unpaired) electrons. The minimum absolute atomic E-state index is 0.208. The Balaban J connectivity index is 2.27. The summed E-state index contributed by atoms with van der Waals surface area (Å²) < 4.78 is 5.63. The lowest BCUT2D eigenvalue weighted by atomic mass is 10.1. The van der Waals surface area contributed by atoms with Gasteiger partial charge in [-0.1, -0.05) is 13.8 Å². The van der Waals surface area contributed by atoms with E-state index in [-0.39, 0.29) is 5.56 Å². The van der Waals surface area contributed by atoms with E-state index in [4.69, 9.17) is 9.84 Å². The summed E-state index contributed by atoms with van der Waals surface area (Å²) in [6.45, 7) is 4.84. The Labute approximate surface area is 111 Å². The van der Waals surface area contributed by atoms with Gasteiger partial charge < -0.3 is 9.84 Å². The lowest BCUT2D eigenvalue weighted by molar-refractivity contribution is 0.0697. The predicted molar refractivity (Wildman–Crippen MR) is 71.4 cm³/mol. The monoisotopic (exact) mass is 260 g/mol. The van der Waals surface area contributed by atoms with Crippen molar-refractivity contribution >= 4 is 16.9 Å². The van der Waals surface area contributed by atoms with E-state index in [9.17, 15) is 4.79 Å². The molecule has 0 unspecified atom stereocenters. The summed E-state index contributed by atoms with van der Waals surface area (Å²) in [5, 5.41) is 9.67. The molecule has 5 nitrogen and oxygen atoms in total. The molecule has 0 aliphatic rings. The molecular weight excluding hydrogens is 244 g/mol. The third kappa shape index (κ3) is 3.19. The fourth-order valence-electron chi connectivity index (χ4n) is 1.67. The molecule has 1 N–H and O–H groups in total. The molecule has 100 valence electrons. The number of carboxylic acids is 1. The van der Waals surface area contributed by atoms with Crippen LogP contribution in [0.4, 0.5) is 0 Å². The zero-order valence-electron chi connectivity index (χ0n) is 11.0. The highest BCUT2D eigenvalue weighted by atomic mass is 16.5. The van der Waals surface area contributed by atoms with Gasteiger partial charge in [-0.2, -0.15) is 0 Å². The molecule has 0 saturated carbocycles. The maximum atomic E-state index is 10.9. The Bertz CT molecular complexity index is 596. The van der Waals surface area contributed by atoms with Crippen molar-refractivity contribution in [3.05, 3.63) is 30.1 Å². The van der Waals surface area contributed by atoms with Crippen molar-refractivity contribution in [2.24, 2.45) is 5.92 Å². The van der Waals surface area contributed by atoms with E-state index in [1.807, 2.05) is 0 Å². The normalized spacial score (nSPS) is 10.9. The van der Waals surface area contributed by atoms with E-state index < -0.39 is 5.97 Å². The first kappa shape index (κ1) is 13.3. The smallest absolute Gasteiger partial charge is 0.335 e. The van der Waals surface area contributed by atoms with Gasteiger partial charge in [0.2, 0.25) is 5.88 Å². The zero-order valence-corrected chi connectivity index (χ0v) is 11.0. The number of benzene rings is 1. The fourth-order valence-corrected chi connectivity index (χ4v) is 1.67. The van der Waals surface area contributed by atoms with Gasteiger partial charge in [-0.3, -0.25) is 0 Å². The van der Waals surface area contributed by atoms with E-state index in [0.717, 1.165) is 11.8 Å². The largest absolute Gasteiger partial charge is 0.478 e. The Hall–Kier alpha value is -2.17. The highest BCUT2D eigenvalue weighted by molar-refractivity contribution is 5.94. The first-order valence-corrected chi connectivity index (χ1v) is 6.19. The SMILES string of the molecule is CC(C)CCOc1ncnc2cc(C(=O)O)ccc12. The van der Waals surface area contributed by atoms with Gasteiger partial charge in [0, 0.05) is 0 Å². The second kappa shape index (κ2) is 5.65. The van der Waals surface area contributed by atoms with Gasteiger partial charge in [-0.25, -0.2) is 14.8 Å². The van der Waals surface area contributed by atoms with Crippen LogP contribution >= 0.6 is 0 Å². The molecular formula is C14H16N2O3. The lowest BCUT2D eigenvalue weighted by Gasteiger charge is -2.09. The van der Waals surface area contributed by atoms with Gasteiger partial charge in [0.15, 0.2) is 0 Å². The molecule has 2 rings (SSSR count). The molecule has 1 aromatic heterocycles. The van der Waals surface area contributed by atoms with Crippen LogP contribution in [0.25, 0.3) is 10.9 Å². The summed E-state index contributed by atoms with van der Waals surface area (Å²) >= 11 is 0. The van der Waals surface area contributed by atoms with Gasteiger partial charge in [-0.05, 0) is 30.5 Å². The standard InChI is InChI=1S/C14H16N2O3/c1-9(2)5-6-19-13-11-4-3-10(14(17)18)7-12(11)15-8-16-13/h3-4,7-9H,5-6H2,1-2H3,(H,17,18). The molecule has 0 spiro atoms. The number of nitrogens with zero attached hydrogens (tertiary/aromatic N) is 2. The van der Waals surface area contributed by atoms with Crippen LogP contribution in [0.3, 0.4) is 0 Å². The lowest BCUT2D eigenvalue weighted by Crippen LogP contribution is -2.04. The number of aromatic carboxylic acids is 1. The maximum absolute atomic E-state index is 10.9. The summed E-state index contributed by atoms with van der Waals surface area (Å²) in [6.07, 6.45) is 2.33. The summed E-state index contributed by atoms with van der Waals surface area (Å²) in [5.74, 6) is 0.0945. The molecule has 0 amide bonds. The second-order valence-electron chi connectivity index (χ2n) is 4.75. The molecule has 1 heterocycles. The van der Waals surface area contributed by atoms with Crippen molar-refractivity contribution in [2.75, 3.05) is 6.61 Å². The molecule has 5 heteroatoms.